The molecule has 0 fully saturated rings. The van der Waals surface area contributed by atoms with Crippen LogP contribution in [-0.4, -0.2) is 21.6 Å². The standard InChI is InChI=1S/C29H46N2O4/c1-2-3-4-5-6-7-8-9-10-11-12-13-14-15-16-21-27-30(23-22-28(32)33)25-19-17-18-20-26(25)31(27)24-29(34)35/h17-20H,2-16,21-24H2,1H3,(H-,32,33,34,35). The van der Waals surface area contributed by atoms with Gasteiger partial charge in [-0.3, -0.25) is 0 Å². The van der Waals surface area contributed by atoms with E-state index < -0.39 is 11.9 Å². The molecule has 1 heterocycles. The van der Waals surface area contributed by atoms with Crippen LogP contribution in [0.5, 0.6) is 0 Å². The fraction of sp³-hybridized carbons (Fsp3) is 0.690. The minimum Gasteiger partial charge on any atom is -0.550 e. The average molecular weight is 487 g/mol. The largest absolute Gasteiger partial charge is 0.550 e. The van der Waals surface area contributed by atoms with Crippen molar-refractivity contribution in [1.82, 2.24) is 4.57 Å². The number of rotatable bonds is 21. The number of fused-ring (bicyclic) bond motifs is 1. The number of aliphatic carboxylic acids is 2. The minimum absolute atomic E-state index is 0.0857. The summed E-state index contributed by atoms with van der Waals surface area (Å²) in [5.74, 6) is -1.09. The van der Waals surface area contributed by atoms with Gasteiger partial charge in [0.2, 0.25) is 0 Å². The Morgan fingerprint density at radius 3 is 1.86 bits per heavy atom. The SMILES string of the molecule is CCCCCCCCCCCCCCCCCc1n(CCC(=O)[O-])c2ccccc2[n+]1CC(=O)O. The van der Waals surface area contributed by atoms with Crippen molar-refractivity contribution in [2.45, 2.75) is 129 Å². The molecule has 0 saturated heterocycles. The van der Waals surface area contributed by atoms with Gasteiger partial charge in [-0.15, -0.1) is 0 Å². The fourth-order valence-corrected chi connectivity index (χ4v) is 5.03. The molecule has 0 aliphatic heterocycles. The number of benzene rings is 1. The molecule has 1 aromatic carbocycles. The summed E-state index contributed by atoms with van der Waals surface area (Å²) in [6.45, 7) is 2.44. The highest BCUT2D eigenvalue weighted by Crippen LogP contribution is 2.18. The number of carboxylic acids is 2. The van der Waals surface area contributed by atoms with Crippen LogP contribution in [0.3, 0.4) is 0 Å². The quantitative estimate of drug-likeness (QED) is 0.185. The number of hydrogen-bond acceptors (Lipinski definition) is 3. The molecule has 1 aromatic heterocycles. The van der Waals surface area contributed by atoms with Crippen molar-refractivity contribution >= 4 is 23.0 Å². The summed E-state index contributed by atoms with van der Waals surface area (Å²) in [4.78, 5) is 22.6. The highest BCUT2D eigenvalue weighted by molar-refractivity contribution is 5.74. The van der Waals surface area contributed by atoms with E-state index in [0.29, 0.717) is 6.54 Å². The van der Waals surface area contributed by atoms with Crippen molar-refractivity contribution in [2.24, 2.45) is 0 Å². The molecule has 0 bridgehead atoms. The molecule has 0 aliphatic carbocycles. The third-order valence-electron chi connectivity index (χ3n) is 6.92. The van der Waals surface area contributed by atoms with Crippen LogP contribution in [-0.2, 0) is 29.1 Å². The second kappa shape index (κ2) is 17.1. The van der Waals surface area contributed by atoms with E-state index in [1.54, 1.807) is 0 Å². The van der Waals surface area contributed by atoms with E-state index in [9.17, 15) is 19.8 Å². The van der Waals surface area contributed by atoms with Gasteiger partial charge in [0, 0.05) is 18.8 Å². The number of nitrogens with zero attached hydrogens (tertiary/aromatic N) is 2. The maximum absolute atomic E-state index is 11.5. The summed E-state index contributed by atoms with van der Waals surface area (Å²) in [5.41, 5.74) is 1.72. The lowest BCUT2D eigenvalue weighted by molar-refractivity contribution is -0.668. The van der Waals surface area contributed by atoms with Crippen LogP contribution in [0.15, 0.2) is 24.3 Å². The molecule has 2 aromatic rings. The van der Waals surface area contributed by atoms with Crippen LogP contribution in [0.1, 0.15) is 115 Å². The molecule has 0 radical (unpaired) electrons. The smallest absolute Gasteiger partial charge is 0.346 e. The molecule has 0 saturated carbocycles. The zero-order valence-electron chi connectivity index (χ0n) is 21.8. The number of para-hydroxylation sites is 2. The van der Waals surface area contributed by atoms with Crippen molar-refractivity contribution in [1.29, 1.82) is 0 Å². The lowest BCUT2D eigenvalue weighted by Gasteiger charge is -2.06. The van der Waals surface area contributed by atoms with E-state index in [-0.39, 0.29) is 13.0 Å². The number of aryl methyl sites for hydroxylation is 1. The average Bonchev–Trinajstić information content (AvgIpc) is 3.12. The first kappa shape index (κ1) is 28.9. The maximum atomic E-state index is 11.5. The molecule has 2 rings (SSSR count). The molecule has 0 atom stereocenters. The highest BCUT2D eigenvalue weighted by Gasteiger charge is 2.25. The van der Waals surface area contributed by atoms with Gasteiger partial charge in [0.25, 0.3) is 5.82 Å². The predicted octanol–water partition coefficient (Wildman–Crippen LogP) is 5.57. The van der Waals surface area contributed by atoms with Gasteiger partial charge < -0.3 is 15.0 Å². The zero-order valence-corrected chi connectivity index (χ0v) is 21.8. The van der Waals surface area contributed by atoms with Gasteiger partial charge in [0.05, 0.1) is 6.54 Å². The zero-order chi connectivity index (χ0) is 25.3. The summed E-state index contributed by atoms with van der Waals surface area (Å²) < 4.78 is 3.80. The second-order valence-electron chi connectivity index (χ2n) is 9.86. The second-order valence-corrected chi connectivity index (χ2v) is 9.86. The molecule has 6 heteroatoms. The Hall–Kier alpha value is -2.37. The summed E-state index contributed by atoms with van der Waals surface area (Å²) >= 11 is 0. The number of imidazole rings is 1. The van der Waals surface area contributed by atoms with Gasteiger partial charge in [0.15, 0.2) is 17.6 Å². The summed E-state index contributed by atoms with van der Waals surface area (Å²) in [5, 5.41) is 20.5. The number of aromatic nitrogens is 2. The molecule has 0 aliphatic rings. The van der Waals surface area contributed by atoms with Crippen LogP contribution in [0.25, 0.3) is 11.0 Å². The first-order chi connectivity index (χ1) is 17.0. The van der Waals surface area contributed by atoms with Crippen LogP contribution in [0.2, 0.25) is 0 Å². The van der Waals surface area contributed by atoms with E-state index in [2.05, 4.69) is 6.92 Å². The van der Waals surface area contributed by atoms with Gasteiger partial charge in [-0.05, 0) is 18.6 Å². The van der Waals surface area contributed by atoms with Crippen LogP contribution in [0, 0.1) is 0 Å². The van der Waals surface area contributed by atoms with Crippen molar-refractivity contribution in [2.75, 3.05) is 0 Å². The van der Waals surface area contributed by atoms with Gasteiger partial charge in [-0.25, -0.2) is 13.9 Å². The predicted molar refractivity (Wildman–Crippen MR) is 138 cm³/mol. The molecule has 196 valence electrons. The van der Waals surface area contributed by atoms with E-state index in [1.165, 1.54) is 83.5 Å². The first-order valence-corrected chi connectivity index (χ1v) is 14.0. The van der Waals surface area contributed by atoms with Gasteiger partial charge in [-0.1, -0.05) is 109 Å². The Labute approximate surface area is 211 Å². The van der Waals surface area contributed by atoms with Crippen molar-refractivity contribution in [3.8, 4) is 0 Å². The Kier molecular flexibility index (Phi) is 14.1. The molecular weight excluding hydrogens is 440 g/mol. The third-order valence-corrected chi connectivity index (χ3v) is 6.92. The maximum Gasteiger partial charge on any atom is 0.346 e. The van der Waals surface area contributed by atoms with Crippen LogP contribution < -0.4 is 9.67 Å². The topological polar surface area (TPSA) is 86.2 Å². The summed E-state index contributed by atoms with van der Waals surface area (Å²) in [6, 6.07) is 7.63. The first-order valence-electron chi connectivity index (χ1n) is 14.0. The summed E-state index contributed by atoms with van der Waals surface area (Å²) in [6.07, 6.45) is 20.2. The number of carbonyl (C=O) groups excluding carboxylic acids is 1. The minimum atomic E-state index is -1.09. The summed E-state index contributed by atoms with van der Waals surface area (Å²) in [7, 11) is 0. The van der Waals surface area contributed by atoms with Crippen molar-refractivity contribution in [3.63, 3.8) is 0 Å². The number of carboxylic acid groups (broad SMARTS) is 2. The Balaban J connectivity index is 1.72. The van der Waals surface area contributed by atoms with E-state index in [0.717, 1.165) is 36.1 Å². The molecule has 1 N–H and O–H groups in total. The fourth-order valence-electron chi connectivity index (χ4n) is 5.03. The van der Waals surface area contributed by atoms with E-state index in [4.69, 9.17) is 0 Å². The Morgan fingerprint density at radius 2 is 1.34 bits per heavy atom. The normalized spacial score (nSPS) is 11.3. The molecule has 0 unspecified atom stereocenters. The Morgan fingerprint density at radius 1 is 0.829 bits per heavy atom. The van der Waals surface area contributed by atoms with E-state index in [1.807, 2.05) is 33.4 Å². The molecule has 0 amide bonds. The van der Waals surface area contributed by atoms with Gasteiger partial charge in [0.1, 0.15) is 0 Å². The molecule has 35 heavy (non-hydrogen) atoms. The number of carbonyl (C=O) groups is 2. The molecule has 6 nitrogen and oxygen atoms in total. The lowest BCUT2D eigenvalue weighted by atomic mass is 10.0. The van der Waals surface area contributed by atoms with Gasteiger partial charge in [-0.2, -0.15) is 0 Å². The highest BCUT2D eigenvalue weighted by atomic mass is 16.4. The van der Waals surface area contributed by atoms with Crippen molar-refractivity contribution in [3.05, 3.63) is 30.1 Å². The third kappa shape index (κ3) is 10.8. The van der Waals surface area contributed by atoms with Crippen LogP contribution >= 0.6 is 0 Å². The number of unbranched alkanes of at least 4 members (excludes halogenated alkanes) is 14. The molecular formula is C29H46N2O4. The van der Waals surface area contributed by atoms with Gasteiger partial charge >= 0.3 is 5.97 Å². The van der Waals surface area contributed by atoms with Crippen molar-refractivity contribution < 1.29 is 24.4 Å². The van der Waals surface area contributed by atoms with E-state index >= 15 is 0 Å². The number of hydrogen-bond donors (Lipinski definition) is 1. The lowest BCUT2D eigenvalue weighted by Crippen LogP contribution is -2.41. The Bertz CT molecular complexity index is 890. The molecule has 0 spiro atoms. The van der Waals surface area contributed by atoms with Crippen LogP contribution in [0.4, 0.5) is 0 Å². The monoisotopic (exact) mass is 486 g/mol.